The topological polar surface area (TPSA) is 120 Å². The lowest BCUT2D eigenvalue weighted by Crippen LogP contribution is -2.40. The number of nitrogens with zero attached hydrogens (tertiary/aromatic N) is 1. The molecule has 0 bridgehead atoms. The van der Waals surface area contributed by atoms with Gasteiger partial charge in [0.05, 0.1) is 12.0 Å². The Labute approximate surface area is 163 Å². The maximum Gasteiger partial charge on any atom is 0.387 e. The minimum atomic E-state index is -3.09. The van der Waals surface area contributed by atoms with Gasteiger partial charge in [-0.2, -0.15) is 8.78 Å². The molecule has 2 aromatic rings. The van der Waals surface area contributed by atoms with Gasteiger partial charge in [0.25, 0.3) is 17.5 Å². The number of carbonyl (C=O) groups is 2. The van der Waals surface area contributed by atoms with Crippen LogP contribution in [0.4, 0.5) is 14.5 Å². The fourth-order valence-corrected chi connectivity index (χ4v) is 2.17. The average molecular weight is 407 g/mol. The predicted molar refractivity (Wildman–Crippen MR) is 97.4 cm³/mol. The Morgan fingerprint density at radius 2 is 1.83 bits per heavy atom. The second-order valence-electron chi connectivity index (χ2n) is 5.34. The van der Waals surface area contributed by atoms with Crippen molar-refractivity contribution in [1.29, 1.82) is 0 Å². The molecule has 2 N–H and O–H groups in total. The highest BCUT2D eigenvalue weighted by Gasteiger charge is 2.14. The third kappa shape index (κ3) is 5.99. The van der Waals surface area contributed by atoms with Crippen LogP contribution in [0.1, 0.15) is 15.9 Å². The third-order valence-electron chi connectivity index (χ3n) is 3.49. The first-order valence-corrected chi connectivity index (χ1v) is 7.96. The Balaban J connectivity index is 2.01. The van der Waals surface area contributed by atoms with Gasteiger partial charge >= 0.3 is 6.61 Å². The summed E-state index contributed by atoms with van der Waals surface area (Å²) in [5, 5.41) is 10.6. The van der Waals surface area contributed by atoms with Crippen LogP contribution in [0.5, 0.6) is 11.5 Å². The molecule has 0 atom stereocenters. The Morgan fingerprint density at radius 1 is 1.14 bits per heavy atom. The molecule has 2 aromatic carbocycles. The molecule has 152 valence electrons. The summed E-state index contributed by atoms with van der Waals surface area (Å²) >= 11 is 0. The zero-order valence-electron chi connectivity index (χ0n) is 14.9. The van der Waals surface area contributed by atoms with E-state index in [1.807, 2.05) is 0 Å². The van der Waals surface area contributed by atoms with Crippen LogP contribution in [0.15, 0.2) is 48.5 Å². The zero-order chi connectivity index (χ0) is 21.4. The van der Waals surface area contributed by atoms with Crippen molar-refractivity contribution in [2.24, 2.45) is 0 Å². The van der Waals surface area contributed by atoms with E-state index in [1.165, 1.54) is 43.5 Å². The molecule has 11 heteroatoms. The highest BCUT2D eigenvalue weighted by atomic mass is 19.3. The number of methoxy groups -OCH3 is 1. The Hall–Kier alpha value is -4.02. The number of hydrogen-bond donors (Lipinski definition) is 2. The number of nitro benzene ring substituents is 1. The molecule has 0 aliphatic rings. The van der Waals surface area contributed by atoms with Gasteiger partial charge in [-0.05, 0) is 24.3 Å². The van der Waals surface area contributed by atoms with Gasteiger partial charge in [-0.25, -0.2) is 0 Å². The lowest BCUT2D eigenvalue weighted by Gasteiger charge is -2.12. The quantitative estimate of drug-likeness (QED) is 0.414. The molecule has 0 fully saturated rings. The molecular formula is C18H15F2N3O6. The van der Waals surface area contributed by atoms with Crippen LogP contribution in [0, 0.1) is 10.1 Å². The number of hydrazine groups is 1. The normalized spacial score (nSPS) is 10.6. The number of nitrogens with one attached hydrogen (secondary N) is 2. The fraction of sp³-hybridized carbons (Fsp3) is 0.111. The summed E-state index contributed by atoms with van der Waals surface area (Å²) in [5.74, 6) is -1.65. The van der Waals surface area contributed by atoms with Gasteiger partial charge in [0.1, 0.15) is 0 Å². The summed E-state index contributed by atoms with van der Waals surface area (Å²) in [6.07, 6.45) is 2.19. The van der Waals surface area contributed by atoms with Gasteiger partial charge in [-0.15, -0.1) is 0 Å². The van der Waals surface area contributed by atoms with Gasteiger partial charge < -0.3 is 9.47 Å². The Morgan fingerprint density at radius 3 is 2.41 bits per heavy atom. The van der Waals surface area contributed by atoms with Gasteiger partial charge in [-0.3, -0.25) is 30.6 Å². The second-order valence-corrected chi connectivity index (χ2v) is 5.34. The van der Waals surface area contributed by atoms with E-state index in [0.29, 0.717) is 0 Å². The summed E-state index contributed by atoms with van der Waals surface area (Å²) < 4.78 is 34.6. The summed E-state index contributed by atoms with van der Waals surface area (Å²) in [4.78, 5) is 33.8. The van der Waals surface area contributed by atoms with Crippen molar-refractivity contribution in [2.75, 3.05) is 7.11 Å². The molecule has 0 unspecified atom stereocenters. The largest absolute Gasteiger partial charge is 0.493 e. The molecule has 0 spiro atoms. The number of para-hydroxylation sites is 1. The van der Waals surface area contributed by atoms with Gasteiger partial charge in [0.2, 0.25) is 0 Å². The number of rotatable bonds is 7. The smallest absolute Gasteiger partial charge is 0.387 e. The molecule has 9 nitrogen and oxygen atoms in total. The Bertz CT molecular complexity index is 932. The average Bonchev–Trinajstić information content (AvgIpc) is 2.70. The number of alkyl halides is 2. The number of hydrogen-bond acceptors (Lipinski definition) is 6. The molecule has 0 heterocycles. The molecular weight excluding hydrogens is 392 g/mol. The van der Waals surface area contributed by atoms with Crippen molar-refractivity contribution < 1.29 is 32.8 Å². The first-order chi connectivity index (χ1) is 13.8. The van der Waals surface area contributed by atoms with E-state index in [9.17, 15) is 28.5 Å². The van der Waals surface area contributed by atoms with Crippen LogP contribution in [-0.4, -0.2) is 30.5 Å². The molecule has 2 amide bonds. The van der Waals surface area contributed by atoms with E-state index in [4.69, 9.17) is 4.74 Å². The molecule has 0 saturated heterocycles. The first-order valence-electron chi connectivity index (χ1n) is 7.96. The molecule has 0 aliphatic heterocycles. The van der Waals surface area contributed by atoms with Gasteiger partial charge in [-0.1, -0.05) is 12.1 Å². The minimum absolute atomic E-state index is 0.0549. The lowest BCUT2D eigenvalue weighted by molar-refractivity contribution is -0.384. The summed E-state index contributed by atoms with van der Waals surface area (Å²) in [7, 11) is 1.28. The Kier molecular flexibility index (Phi) is 7.18. The first kappa shape index (κ1) is 21.3. The predicted octanol–water partition coefficient (Wildman–Crippen LogP) is 2.68. The van der Waals surface area contributed by atoms with E-state index >= 15 is 0 Å². The highest BCUT2D eigenvalue weighted by Crippen LogP contribution is 2.33. The molecule has 0 saturated carbocycles. The van der Waals surface area contributed by atoms with Gasteiger partial charge in [0.15, 0.2) is 11.5 Å². The molecule has 2 rings (SSSR count). The molecule has 29 heavy (non-hydrogen) atoms. The van der Waals surface area contributed by atoms with E-state index in [0.717, 1.165) is 18.2 Å². The molecule has 0 aliphatic carbocycles. The van der Waals surface area contributed by atoms with Crippen molar-refractivity contribution in [3.8, 4) is 11.5 Å². The monoisotopic (exact) mass is 407 g/mol. The van der Waals surface area contributed by atoms with Crippen molar-refractivity contribution in [3.63, 3.8) is 0 Å². The second kappa shape index (κ2) is 9.78. The van der Waals surface area contributed by atoms with Crippen LogP contribution < -0.4 is 20.3 Å². The molecule has 0 radical (unpaired) electrons. The number of nitro groups is 1. The number of ether oxygens (including phenoxy) is 2. The van der Waals surface area contributed by atoms with Crippen LogP contribution in [-0.2, 0) is 4.79 Å². The maximum absolute atomic E-state index is 12.6. The van der Waals surface area contributed by atoms with Crippen molar-refractivity contribution in [1.82, 2.24) is 10.9 Å². The summed E-state index contributed by atoms with van der Waals surface area (Å²) in [6, 6.07) is 9.09. The summed E-state index contributed by atoms with van der Waals surface area (Å²) in [6.45, 7) is -3.09. The van der Waals surface area contributed by atoms with Crippen LogP contribution in [0.3, 0.4) is 0 Å². The van der Waals surface area contributed by atoms with Crippen molar-refractivity contribution in [3.05, 3.63) is 69.8 Å². The van der Waals surface area contributed by atoms with Crippen molar-refractivity contribution in [2.45, 2.75) is 6.61 Å². The fourth-order valence-electron chi connectivity index (χ4n) is 2.17. The van der Waals surface area contributed by atoms with E-state index in [-0.39, 0.29) is 28.3 Å². The standard InChI is InChI=1S/C18H15F2N3O6/c1-28-14-4-2-3-11(16(14)29-18(19)20)7-10-15(24)21-22-17(25)12-5-8-13(9-6-12)23(26)27/h2-10,18H,1H3,(H,21,24)(H,22,25)/b10-7+. The number of non-ortho nitro benzene ring substituents is 1. The van der Waals surface area contributed by atoms with Crippen LogP contribution in [0.25, 0.3) is 6.08 Å². The van der Waals surface area contributed by atoms with Crippen LogP contribution >= 0.6 is 0 Å². The number of halogens is 2. The number of amides is 2. The maximum atomic E-state index is 12.6. The van der Waals surface area contributed by atoms with E-state index < -0.39 is 23.3 Å². The lowest BCUT2D eigenvalue weighted by atomic mass is 10.1. The highest BCUT2D eigenvalue weighted by molar-refractivity contribution is 5.98. The SMILES string of the molecule is COc1cccc(/C=C/C(=O)NNC(=O)c2ccc([N+](=O)[O-])cc2)c1OC(F)F. The van der Waals surface area contributed by atoms with E-state index in [1.54, 1.807) is 0 Å². The van der Waals surface area contributed by atoms with Crippen molar-refractivity contribution >= 4 is 23.6 Å². The minimum Gasteiger partial charge on any atom is -0.493 e. The third-order valence-corrected chi connectivity index (χ3v) is 3.49. The van der Waals surface area contributed by atoms with Gasteiger partial charge in [0, 0.05) is 29.3 Å². The molecule has 0 aromatic heterocycles. The summed E-state index contributed by atoms with van der Waals surface area (Å²) in [5.41, 5.74) is 4.27. The number of benzene rings is 2. The zero-order valence-corrected chi connectivity index (χ0v) is 14.9. The number of carbonyl (C=O) groups excluding carboxylic acids is 2. The van der Waals surface area contributed by atoms with E-state index in [2.05, 4.69) is 15.6 Å². The van der Waals surface area contributed by atoms with Crippen LogP contribution in [0.2, 0.25) is 0 Å².